The Hall–Kier alpha value is -1.73. The third-order valence-electron chi connectivity index (χ3n) is 5.19. The maximum absolute atomic E-state index is 12.2. The average Bonchev–Trinajstić information content (AvgIpc) is 3.24. The smallest absolute Gasteiger partial charge is 0.309 e. The quantitative estimate of drug-likeness (QED) is 0.552. The van der Waals surface area contributed by atoms with Crippen molar-refractivity contribution in [1.82, 2.24) is 15.5 Å². The van der Waals surface area contributed by atoms with E-state index in [1.54, 1.807) is 12.5 Å². The van der Waals surface area contributed by atoms with Gasteiger partial charge in [0.1, 0.15) is 0 Å². The molecule has 7 heteroatoms. The fraction of sp³-hybridized carbons (Fsp3) is 0.600. The minimum atomic E-state index is -0.562. The number of furan rings is 1. The van der Waals surface area contributed by atoms with Crippen molar-refractivity contribution in [3.63, 3.8) is 0 Å². The van der Waals surface area contributed by atoms with Gasteiger partial charge in [-0.05, 0) is 38.2 Å². The predicted octanol–water partition coefficient (Wildman–Crippen LogP) is 2.49. The number of amides is 2. The summed E-state index contributed by atoms with van der Waals surface area (Å²) in [6.45, 7) is 2.86. The lowest BCUT2D eigenvalue weighted by Gasteiger charge is -2.33. The van der Waals surface area contributed by atoms with Crippen LogP contribution in [0.1, 0.15) is 43.7 Å². The van der Waals surface area contributed by atoms with Gasteiger partial charge in [0.15, 0.2) is 0 Å². The number of rotatable bonds is 7. The summed E-state index contributed by atoms with van der Waals surface area (Å²) in [4.78, 5) is 26.6. The topological polar surface area (TPSA) is 74.6 Å². The highest BCUT2D eigenvalue weighted by Gasteiger charge is 2.25. The molecule has 148 valence electrons. The van der Waals surface area contributed by atoms with E-state index in [-0.39, 0.29) is 6.04 Å². The molecule has 0 unspecified atom stereocenters. The van der Waals surface area contributed by atoms with E-state index in [0.29, 0.717) is 13.1 Å². The van der Waals surface area contributed by atoms with E-state index in [1.165, 1.54) is 18.4 Å². The lowest BCUT2D eigenvalue weighted by molar-refractivity contribution is -0.139. The van der Waals surface area contributed by atoms with Gasteiger partial charge in [0.05, 0.1) is 18.6 Å². The molecule has 3 rings (SSSR count). The monoisotopic (exact) mass is 391 g/mol. The summed E-state index contributed by atoms with van der Waals surface area (Å²) in [5.74, 6) is 1.05. The Morgan fingerprint density at radius 2 is 2.00 bits per heavy atom. The zero-order chi connectivity index (χ0) is 18.9. The van der Waals surface area contributed by atoms with Crippen LogP contribution in [-0.4, -0.2) is 54.4 Å². The molecule has 1 fully saturated rings. The van der Waals surface area contributed by atoms with Crippen LogP contribution in [0.25, 0.3) is 0 Å². The van der Waals surface area contributed by atoms with Crippen molar-refractivity contribution in [3.05, 3.63) is 35.8 Å². The Morgan fingerprint density at radius 1 is 1.19 bits per heavy atom. The summed E-state index contributed by atoms with van der Waals surface area (Å²) in [7, 11) is 0. The minimum absolute atomic E-state index is 0.0359. The fourth-order valence-corrected chi connectivity index (χ4v) is 4.56. The maximum atomic E-state index is 12.2. The van der Waals surface area contributed by atoms with Crippen LogP contribution >= 0.6 is 11.8 Å². The molecule has 0 bridgehead atoms. The van der Waals surface area contributed by atoms with Crippen LogP contribution in [0.4, 0.5) is 0 Å². The zero-order valence-corrected chi connectivity index (χ0v) is 16.6. The van der Waals surface area contributed by atoms with Crippen LogP contribution in [0.3, 0.4) is 0 Å². The molecule has 0 aromatic carbocycles. The first-order chi connectivity index (χ1) is 13.2. The van der Waals surface area contributed by atoms with Crippen LogP contribution < -0.4 is 10.6 Å². The van der Waals surface area contributed by atoms with Gasteiger partial charge in [0.25, 0.3) is 0 Å². The molecule has 2 amide bonds. The van der Waals surface area contributed by atoms with Crippen molar-refractivity contribution < 1.29 is 14.0 Å². The molecule has 27 heavy (non-hydrogen) atoms. The highest BCUT2D eigenvalue weighted by atomic mass is 32.2. The van der Waals surface area contributed by atoms with Gasteiger partial charge >= 0.3 is 11.8 Å². The molecule has 0 spiro atoms. The highest BCUT2D eigenvalue weighted by molar-refractivity contribution is 7.99. The van der Waals surface area contributed by atoms with Crippen molar-refractivity contribution in [3.8, 4) is 0 Å². The number of hydrogen-bond donors (Lipinski definition) is 2. The number of hydrogen-bond acceptors (Lipinski definition) is 5. The molecular weight excluding hydrogens is 362 g/mol. The van der Waals surface area contributed by atoms with Crippen molar-refractivity contribution in [2.24, 2.45) is 0 Å². The molecule has 1 atom stereocenters. The molecule has 6 nitrogen and oxygen atoms in total. The molecule has 1 saturated heterocycles. The second-order valence-corrected chi connectivity index (χ2v) is 8.27. The van der Waals surface area contributed by atoms with Gasteiger partial charge in [0.2, 0.25) is 0 Å². The van der Waals surface area contributed by atoms with E-state index in [2.05, 4.69) is 21.6 Å². The van der Waals surface area contributed by atoms with Gasteiger partial charge in [-0.15, -0.1) is 0 Å². The first kappa shape index (κ1) is 20.0. The van der Waals surface area contributed by atoms with E-state index in [1.807, 2.05) is 17.8 Å². The predicted molar refractivity (Wildman–Crippen MR) is 108 cm³/mol. The summed E-state index contributed by atoms with van der Waals surface area (Å²) in [6.07, 6.45) is 11.2. The first-order valence-electron chi connectivity index (χ1n) is 9.82. The molecule has 0 saturated carbocycles. The van der Waals surface area contributed by atoms with E-state index in [0.717, 1.165) is 49.4 Å². The van der Waals surface area contributed by atoms with Gasteiger partial charge in [-0.25, -0.2) is 0 Å². The molecule has 1 aliphatic carbocycles. The largest absolute Gasteiger partial charge is 0.472 e. The fourth-order valence-electron chi connectivity index (χ4n) is 3.63. The SMILES string of the molecule is O=C(NCCC1=CCCCC1)C(=O)NC[C@H](c1ccoc1)N1CCSCC1. The Balaban J connectivity index is 1.45. The summed E-state index contributed by atoms with van der Waals surface area (Å²) in [6, 6.07) is 1.96. The van der Waals surface area contributed by atoms with Gasteiger partial charge < -0.3 is 15.1 Å². The number of nitrogens with zero attached hydrogens (tertiary/aromatic N) is 1. The maximum Gasteiger partial charge on any atom is 0.309 e. The van der Waals surface area contributed by atoms with Gasteiger partial charge in [-0.1, -0.05) is 11.6 Å². The van der Waals surface area contributed by atoms with Crippen LogP contribution in [0.2, 0.25) is 0 Å². The Labute approximate surface area is 165 Å². The van der Waals surface area contributed by atoms with Crippen molar-refractivity contribution in [2.75, 3.05) is 37.7 Å². The second-order valence-electron chi connectivity index (χ2n) is 7.04. The molecule has 2 N–H and O–H groups in total. The summed E-state index contributed by atoms with van der Waals surface area (Å²) >= 11 is 1.94. The number of carbonyl (C=O) groups is 2. The van der Waals surface area contributed by atoms with Gasteiger partial charge in [0, 0.05) is 43.2 Å². The third kappa shape index (κ3) is 6.14. The normalized spacial score (nSPS) is 19.2. The third-order valence-corrected chi connectivity index (χ3v) is 6.14. The molecule has 2 heterocycles. The number of nitrogens with one attached hydrogen (secondary N) is 2. The average molecular weight is 392 g/mol. The van der Waals surface area contributed by atoms with E-state index in [4.69, 9.17) is 4.42 Å². The highest BCUT2D eigenvalue weighted by Crippen LogP contribution is 2.24. The number of thioether (sulfide) groups is 1. The molecule has 2 aliphatic rings. The van der Waals surface area contributed by atoms with E-state index < -0.39 is 11.8 Å². The molecule has 1 aromatic heterocycles. The lowest BCUT2D eigenvalue weighted by atomic mass is 9.97. The lowest BCUT2D eigenvalue weighted by Crippen LogP contribution is -2.45. The van der Waals surface area contributed by atoms with Gasteiger partial charge in [-0.3, -0.25) is 14.5 Å². The Kier molecular flexibility index (Phi) is 7.83. The van der Waals surface area contributed by atoms with Crippen LogP contribution in [0, 0.1) is 0 Å². The summed E-state index contributed by atoms with van der Waals surface area (Å²) < 4.78 is 5.22. The van der Waals surface area contributed by atoms with E-state index in [9.17, 15) is 9.59 Å². The van der Waals surface area contributed by atoms with Crippen molar-refractivity contribution in [1.29, 1.82) is 0 Å². The molecule has 1 aromatic rings. The number of allylic oxidation sites excluding steroid dienone is 1. The summed E-state index contributed by atoms with van der Waals surface area (Å²) in [5.41, 5.74) is 2.43. The van der Waals surface area contributed by atoms with Crippen molar-refractivity contribution >= 4 is 23.6 Å². The van der Waals surface area contributed by atoms with Gasteiger partial charge in [-0.2, -0.15) is 11.8 Å². The molecule has 0 radical (unpaired) electrons. The second kappa shape index (κ2) is 10.6. The standard InChI is InChI=1S/C20H29N3O3S/c24-19(21-8-6-16-4-2-1-3-5-16)20(25)22-14-18(17-7-11-26-15-17)23-9-12-27-13-10-23/h4,7,11,15,18H,1-3,5-6,8-10,12-14H2,(H,21,24)(H,22,25)/t18-/m1/s1. The van der Waals surface area contributed by atoms with Crippen LogP contribution in [0.5, 0.6) is 0 Å². The summed E-state index contributed by atoms with van der Waals surface area (Å²) in [5, 5.41) is 5.54. The minimum Gasteiger partial charge on any atom is -0.472 e. The number of carbonyl (C=O) groups excluding carboxylic acids is 2. The van der Waals surface area contributed by atoms with Crippen LogP contribution in [-0.2, 0) is 9.59 Å². The van der Waals surface area contributed by atoms with Crippen LogP contribution in [0.15, 0.2) is 34.7 Å². The molecular formula is C20H29N3O3S. The molecule has 1 aliphatic heterocycles. The first-order valence-corrected chi connectivity index (χ1v) is 11.0. The Morgan fingerprint density at radius 3 is 2.70 bits per heavy atom. The Bertz CT molecular complexity index is 639. The van der Waals surface area contributed by atoms with Crippen molar-refractivity contribution in [2.45, 2.75) is 38.1 Å². The van der Waals surface area contributed by atoms with E-state index >= 15 is 0 Å². The zero-order valence-electron chi connectivity index (χ0n) is 15.7.